The minimum Gasteiger partial charge on any atom is -0.343 e. The number of hydrogen-bond donors (Lipinski definition) is 0. The first-order valence-electron chi connectivity index (χ1n) is 10.5. The molecule has 0 bridgehead atoms. The average Bonchev–Trinajstić information content (AvgIpc) is 2.59. The van der Waals surface area contributed by atoms with Crippen LogP contribution in [0.5, 0.6) is 0 Å². The second kappa shape index (κ2) is 13.9. The lowest BCUT2D eigenvalue weighted by Gasteiger charge is -2.31. The first-order valence-corrected chi connectivity index (χ1v) is 10.5. The van der Waals surface area contributed by atoms with Gasteiger partial charge in [-0.15, -0.1) is 0 Å². The zero-order valence-corrected chi connectivity index (χ0v) is 16.0. The molecule has 0 aromatic heterocycles. The van der Waals surface area contributed by atoms with Crippen molar-refractivity contribution < 1.29 is 4.79 Å². The molecule has 1 rings (SSSR count). The van der Waals surface area contributed by atoms with E-state index >= 15 is 0 Å². The van der Waals surface area contributed by atoms with Crippen LogP contribution in [0.2, 0.25) is 0 Å². The lowest BCUT2D eigenvalue weighted by molar-refractivity contribution is -0.132. The van der Waals surface area contributed by atoms with Gasteiger partial charge in [-0.05, 0) is 19.3 Å². The number of nitrogens with zero attached hydrogens (tertiary/aromatic N) is 1. The van der Waals surface area contributed by atoms with Crippen LogP contribution in [0.15, 0.2) is 0 Å². The number of hydrogen-bond acceptors (Lipinski definition) is 1. The van der Waals surface area contributed by atoms with Gasteiger partial charge in [0.15, 0.2) is 0 Å². The molecule has 1 fully saturated rings. The number of carbonyl (C=O) groups excluding carboxylic acids is 1. The predicted molar refractivity (Wildman–Crippen MR) is 101 cm³/mol. The van der Waals surface area contributed by atoms with Gasteiger partial charge < -0.3 is 4.90 Å². The Morgan fingerprint density at radius 2 is 1.26 bits per heavy atom. The van der Waals surface area contributed by atoms with Gasteiger partial charge in [0, 0.05) is 19.5 Å². The van der Waals surface area contributed by atoms with Crippen molar-refractivity contribution in [1.29, 1.82) is 0 Å². The molecule has 0 radical (unpaired) electrons. The third-order valence-corrected chi connectivity index (χ3v) is 5.51. The van der Waals surface area contributed by atoms with Crippen molar-refractivity contribution in [2.45, 2.75) is 122 Å². The molecule has 136 valence electrons. The Kier molecular flexibility index (Phi) is 12.4. The summed E-state index contributed by atoms with van der Waals surface area (Å²) in [5.41, 5.74) is 0. The van der Waals surface area contributed by atoms with E-state index in [-0.39, 0.29) is 0 Å². The Hall–Kier alpha value is -0.530. The first kappa shape index (κ1) is 20.5. The zero-order chi connectivity index (χ0) is 16.8. The van der Waals surface area contributed by atoms with Crippen LogP contribution in [0.4, 0.5) is 0 Å². The fraction of sp³-hybridized carbons (Fsp3) is 0.952. The highest BCUT2D eigenvalue weighted by Crippen LogP contribution is 2.22. The maximum atomic E-state index is 12.2. The van der Waals surface area contributed by atoms with Crippen molar-refractivity contribution in [3.63, 3.8) is 0 Å². The average molecular weight is 324 g/mol. The maximum absolute atomic E-state index is 12.2. The minimum absolute atomic E-state index is 0.382. The van der Waals surface area contributed by atoms with Crippen molar-refractivity contribution in [3.05, 3.63) is 0 Å². The van der Waals surface area contributed by atoms with Gasteiger partial charge in [-0.3, -0.25) is 4.79 Å². The molecular formula is C21H41NO. The van der Waals surface area contributed by atoms with E-state index in [1.165, 1.54) is 96.3 Å². The summed E-state index contributed by atoms with van der Waals surface area (Å²) in [5.74, 6) is 0.382. The largest absolute Gasteiger partial charge is 0.343 e. The van der Waals surface area contributed by atoms with E-state index in [0.717, 1.165) is 12.8 Å². The summed E-state index contributed by atoms with van der Waals surface area (Å²) >= 11 is 0. The summed E-state index contributed by atoms with van der Waals surface area (Å²) in [6, 6.07) is 0.531. The van der Waals surface area contributed by atoms with Gasteiger partial charge in [0.25, 0.3) is 0 Å². The minimum atomic E-state index is 0.382. The summed E-state index contributed by atoms with van der Waals surface area (Å²) in [5, 5.41) is 0. The molecule has 0 unspecified atom stereocenters. The molecule has 0 atom stereocenters. The van der Waals surface area contributed by atoms with Crippen molar-refractivity contribution >= 4 is 5.91 Å². The van der Waals surface area contributed by atoms with Gasteiger partial charge in [0.2, 0.25) is 5.91 Å². The van der Waals surface area contributed by atoms with E-state index in [4.69, 9.17) is 0 Å². The molecule has 0 aromatic rings. The van der Waals surface area contributed by atoms with Crippen LogP contribution in [-0.2, 0) is 4.79 Å². The van der Waals surface area contributed by atoms with Crippen LogP contribution in [-0.4, -0.2) is 23.9 Å². The van der Waals surface area contributed by atoms with E-state index < -0.39 is 0 Å². The highest BCUT2D eigenvalue weighted by Gasteiger charge is 2.21. The van der Waals surface area contributed by atoms with Crippen LogP contribution in [0.3, 0.4) is 0 Å². The van der Waals surface area contributed by atoms with Crippen LogP contribution in [0, 0.1) is 0 Å². The Bertz CT molecular complexity index is 284. The predicted octanol–water partition coefficient (Wildman–Crippen LogP) is 6.48. The normalized spacial score (nSPS) is 15.7. The molecule has 0 aromatic carbocycles. The molecule has 1 aliphatic rings. The first-order chi connectivity index (χ1) is 11.3. The Balaban J connectivity index is 1.89. The third-order valence-electron chi connectivity index (χ3n) is 5.51. The van der Waals surface area contributed by atoms with E-state index in [9.17, 15) is 4.79 Å². The van der Waals surface area contributed by atoms with Crippen LogP contribution in [0.1, 0.15) is 116 Å². The monoisotopic (exact) mass is 323 g/mol. The second-order valence-electron chi connectivity index (χ2n) is 7.58. The fourth-order valence-corrected chi connectivity index (χ4v) is 3.79. The topological polar surface area (TPSA) is 20.3 Å². The smallest absolute Gasteiger partial charge is 0.222 e. The van der Waals surface area contributed by atoms with Crippen molar-refractivity contribution in [3.8, 4) is 0 Å². The molecular weight excluding hydrogens is 282 g/mol. The Morgan fingerprint density at radius 3 is 1.78 bits per heavy atom. The van der Waals surface area contributed by atoms with Gasteiger partial charge in [-0.2, -0.15) is 0 Å². The lowest BCUT2D eigenvalue weighted by Crippen LogP contribution is -2.38. The van der Waals surface area contributed by atoms with Gasteiger partial charge in [0.1, 0.15) is 0 Å². The van der Waals surface area contributed by atoms with Crippen LogP contribution >= 0.6 is 0 Å². The molecule has 0 aliphatic heterocycles. The molecule has 0 saturated heterocycles. The number of unbranched alkanes of at least 4 members (excludes halogenated alkanes) is 10. The molecule has 2 nitrogen and oxygen atoms in total. The van der Waals surface area contributed by atoms with Crippen molar-refractivity contribution in [1.82, 2.24) is 4.90 Å². The van der Waals surface area contributed by atoms with E-state index in [0.29, 0.717) is 11.9 Å². The zero-order valence-electron chi connectivity index (χ0n) is 16.0. The quantitative estimate of drug-likeness (QED) is 0.355. The lowest BCUT2D eigenvalue weighted by atomic mass is 9.94. The molecule has 1 saturated carbocycles. The van der Waals surface area contributed by atoms with Crippen LogP contribution in [0.25, 0.3) is 0 Å². The number of amides is 1. The molecule has 0 heterocycles. The maximum Gasteiger partial charge on any atom is 0.222 e. The molecule has 23 heavy (non-hydrogen) atoms. The highest BCUT2D eigenvalue weighted by molar-refractivity contribution is 5.76. The fourth-order valence-electron chi connectivity index (χ4n) is 3.79. The Labute approximate surface area is 145 Å². The molecule has 0 N–H and O–H groups in total. The van der Waals surface area contributed by atoms with Gasteiger partial charge in [-0.1, -0.05) is 90.4 Å². The molecule has 2 heteroatoms. The third kappa shape index (κ3) is 10.0. The van der Waals surface area contributed by atoms with Crippen LogP contribution < -0.4 is 0 Å². The van der Waals surface area contributed by atoms with Gasteiger partial charge in [-0.25, -0.2) is 0 Å². The summed E-state index contributed by atoms with van der Waals surface area (Å²) in [6.45, 7) is 2.28. The standard InChI is InChI=1S/C21H41NO/c1-3-4-5-6-7-8-9-10-11-12-16-19-21(23)22(2)20-17-14-13-15-18-20/h20H,3-19H2,1-2H3. The van der Waals surface area contributed by atoms with E-state index in [1.807, 2.05) is 7.05 Å². The van der Waals surface area contributed by atoms with Gasteiger partial charge in [0.05, 0.1) is 0 Å². The number of carbonyl (C=O) groups is 1. The summed E-state index contributed by atoms with van der Waals surface area (Å²) < 4.78 is 0. The highest BCUT2D eigenvalue weighted by atomic mass is 16.2. The summed E-state index contributed by atoms with van der Waals surface area (Å²) in [6.07, 6.45) is 22.0. The molecule has 1 amide bonds. The van der Waals surface area contributed by atoms with Crippen molar-refractivity contribution in [2.75, 3.05) is 7.05 Å². The van der Waals surface area contributed by atoms with E-state index in [2.05, 4.69) is 11.8 Å². The summed E-state index contributed by atoms with van der Waals surface area (Å²) in [7, 11) is 2.02. The summed E-state index contributed by atoms with van der Waals surface area (Å²) in [4.78, 5) is 14.3. The Morgan fingerprint density at radius 1 is 0.783 bits per heavy atom. The molecule has 0 spiro atoms. The SMILES string of the molecule is CCCCCCCCCCCCCC(=O)N(C)C1CCCCC1. The van der Waals surface area contributed by atoms with Crippen molar-refractivity contribution in [2.24, 2.45) is 0 Å². The second-order valence-corrected chi connectivity index (χ2v) is 7.58. The number of rotatable bonds is 13. The van der Waals surface area contributed by atoms with Gasteiger partial charge >= 0.3 is 0 Å². The molecule has 1 aliphatic carbocycles. The van der Waals surface area contributed by atoms with E-state index in [1.54, 1.807) is 0 Å².